The average molecular weight is 380 g/mol. The van der Waals surface area contributed by atoms with Gasteiger partial charge in [0, 0.05) is 30.2 Å². The lowest BCUT2D eigenvalue weighted by Crippen LogP contribution is -2.04. The van der Waals surface area contributed by atoms with Gasteiger partial charge in [0.15, 0.2) is 0 Å². The molecule has 0 bridgehead atoms. The van der Waals surface area contributed by atoms with Crippen LogP contribution >= 0.6 is 0 Å². The molecule has 0 unspecified atom stereocenters. The number of fused-ring (bicyclic) bond motifs is 1. The minimum absolute atomic E-state index is 0.0708. The second-order valence-corrected chi connectivity index (χ2v) is 6.41. The molecule has 1 aliphatic heterocycles. The van der Waals surface area contributed by atoms with Crippen LogP contribution in [0, 0.1) is 11.6 Å². The van der Waals surface area contributed by atoms with Gasteiger partial charge in [-0.1, -0.05) is 18.2 Å². The molecule has 1 aliphatic rings. The van der Waals surface area contributed by atoms with Crippen molar-refractivity contribution in [1.29, 1.82) is 0 Å². The van der Waals surface area contributed by atoms with Gasteiger partial charge < -0.3 is 15.0 Å². The maximum atomic E-state index is 14.4. The Morgan fingerprint density at radius 1 is 1.11 bits per heavy atom. The number of nitrogens with zero attached hydrogens (tertiary/aromatic N) is 1. The number of rotatable bonds is 3. The van der Waals surface area contributed by atoms with Crippen LogP contribution in [-0.2, 0) is 11.8 Å². The minimum Gasteiger partial charge on any atom is -0.478 e. The third kappa shape index (κ3) is 2.77. The van der Waals surface area contributed by atoms with Gasteiger partial charge in [-0.15, -0.1) is 0 Å². The summed E-state index contributed by atoms with van der Waals surface area (Å²) in [5.41, 5.74) is 1.57. The van der Waals surface area contributed by atoms with Gasteiger partial charge in [0.05, 0.1) is 16.7 Å². The Bertz CT molecular complexity index is 1160. The molecule has 3 aromatic rings. The number of anilines is 1. The lowest BCUT2D eigenvalue weighted by atomic mass is 9.93. The van der Waals surface area contributed by atoms with Gasteiger partial charge in [-0.3, -0.25) is 4.79 Å². The van der Waals surface area contributed by atoms with Crippen molar-refractivity contribution in [3.63, 3.8) is 0 Å². The molecule has 140 valence electrons. The van der Waals surface area contributed by atoms with Crippen LogP contribution in [-0.4, -0.2) is 21.6 Å². The molecule has 0 atom stereocenters. The standard InChI is InChI=1S/C21H14F2N2O3/c1-25-10-11(21(27)28)8-12(25)9-14-18-13(4-2-7-17(18)24-20(14)26)19-15(22)5-3-6-16(19)23/h2-10H,1H3,(H,24,26)(H,27,28)/b14-9-. The number of amides is 1. The van der Waals surface area contributed by atoms with Gasteiger partial charge in [0.2, 0.25) is 0 Å². The van der Waals surface area contributed by atoms with Crippen molar-refractivity contribution in [2.45, 2.75) is 0 Å². The highest BCUT2D eigenvalue weighted by Crippen LogP contribution is 2.41. The number of carboxylic acid groups (broad SMARTS) is 1. The molecule has 0 spiro atoms. The van der Waals surface area contributed by atoms with E-state index in [1.165, 1.54) is 24.4 Å². The maximum absolute atomic E-state index is 14.4. The number of carbonyl (C=O) groups excluding carboxylic acids is 1. The van der Waals surface area contributed by atoms with E-state index in [1.54, 1.807) is 29.8 Å². The zero-order valence-corrected chi connectivity index (χ0v) is 14.7. The van der Waals surface area contributed by atoms with Gasteiger partial charge >= 0.3 is 5.97 Å². The Balaban J connectivity index is 1.94. The number of carbonyl (C=O) groups is 2. The molecule has 28 heavy (non-hydrogen) atoms. The zero-order valence-electron chi connectivity index (χ0n) is 14.7. The highest BCUT2D eigenvalue weighted by atomic mass is 19.1. The Morgan fingerprint density at radius 2 is 1.79 bits per heavy atom. The Labute approximate surface area is 158 Å². The zero-order chi connectivity index (χ0) is 20.0. The molecule has 0 radical (unpaired) electrons. The SMILES string of the molecule is Cn1cc(C(=O)O)cc1/C=C1\C(=O)Nc2cccc(-c3c(F)cccc3F)c21. The van der Waals surface area contributed by atoms with Crippen molar-refractivity contribution in [3.8, 4) is 11.1 Å². The molecule has 2 aromatic carbocycles. The molecule has 2 N–H and O–H groups in total. The van der Waals surface area contributed by atoms with E-state index in [1.807, 2.05) is 0 Å². The Kier molecular flexibility index (Phi) is 4.07. The topological polar surface area (TPSA) is 71.3 Å². The van der Waals surface area contributed by atoms with Gasteiger partial charge in [0.25, 0.3) is 5.91 Å². The average Bonchev–Trinajstić information content (AvgIpc) is 3.16. The number of benzene rings is 2. The molecule has 0 saturated carbocycles. The lowest BCUT2D eigenvalue weighted by Gasteiger charge is -2.10. The first-order chi connectivity index (χ1) is 13.4. The summed E-state index contributed by atoms with van der Waals surface area (Å²) >= 11 is 0. The number of hydrogen-bond donors (Lipinski definition) is 2. The number of aromatic nitrogens is 1. The summed E-state index contributed by atoms with van der Waals surface area (Å²) in [5, 5.41) is 11.8. The summed E-state index contributed by atoms with van der Waals surface area (Å²) in [6.45, 7) is 0. The Morgan fingerprint density at radius 3 is 2.43 bits per heavy atom. The molecule has 5 nitrogen and oxygen atoms in total. The normalized spacial score (nSPS) is 14.2. The molecule has 1 amide bonds. The van der Waals surface area contributed by atoms with Gasteiger partial charge in [-0.25, -0.2) is 13.6 Å². The largest absolute Gasteiger partial charge is 0.478 e. The first-order valence-corrected chi connectivity index (χ1v) is 8.37. The summed E-state index contributed by atoms with van der Waals surface area (Å²) in [4.78, 5) is 23.7. The molecule has 0 fully saturated rings. The number of hydrogen-bond acceptors (Lipinski definition) is 2. The summed E-state index contributed by atoms with van der Waals surface area (Å²) in [6, 6.07) is 9.80. The number of halogens is 2. The lowest BCUT2D eigenvalue weighted by molar-refractivity contribution is -0.110. The third-order valence-corrected chi connectivity index (χ3v) is 4.64. The fraction of sp³-hybridized carbons (Fsp3) is 0.0476. The minimum atomic E-state index is -1.09. The second kappa shape index (κ2) is 6.45. The van der Waals surface area contributed by atoms with Crippen LogP contribution < -0.4 is 5.32 Å². The van der Waals surface area contributed by atoms with Crippen LogP contribution in [0.15, 0.2) is 48.7 Å². The van der Waals surface area contributed by atoms with Crippen molar-refractivity contribution in [3.05, 3.63) is 77.1 Å². The quantitative estimate of drug-likeness (QED) is 0.670. The summed E-state index contributed by atoms with van der Waals surface area (Å²) in [6.07, 6.45) is 2.93. The van der Waals surface area contributed by atoms with Crippen LogP contribution in [0.5, 0.6) is 0 Å². The van der Waals surface area contributed by atoms with Crippen LogP contribution in [0.25, 0.3) is 22.8 Å². The van der Waals surface area contributed by atoms with Crippen molar-refractivity contribution in [2.24, 2.45) is 7.05 Å². The fourth-order valence-corrected chi connectivity index (χ4v) is 3.34. The molecule has 7 heteroatoms. The van der Waals surface area contributed by atoms with Gasteiger partial charge in [0.1, 0.15) is 11.6 Å². The molecule has 1 aromatic heterocycles. The van der Waals surface area contributed by atoms with Crippen molar-refractivity contribution in [1.82, 2.24) is 4.57 Å². The van der Waals surface area contributed by atoms with E-state index in [9.17, 15) is 18.4 Å². The van der Waals surface area contributed by atoms with Crippen LogP contribution in [0.1, 0.15) is 21.6 Å². The van der Waals surface area contributed by atoms with Crippen LogP contribution in [0.4, 0.5) is 14.5 Å². The summed E-state index contributed by atoms with van der Waals surface area (Å²) < 4.78 is 30.3. The second-order valence-electron chi connectivity index (χ2n) is 6.41. The maximum Gasteiger partial charge on any atom is 0.337 e. The molecule has 0 aliphatic carbocycles. The van der Waals surface area contributed by atoms with E-state index < -0.39 is 23.5 Å². The van der Waals surface area contributed by atoms with E-state index >= 15 is 0 Å². The van der Waals surface area contributed by atoms with Crippen molar-refractivity contribution < 1.29 is 23.5 Å². The van der Waals surface area contributed by atoms with E-state index in [4.69, 9.17) is 5.11 Å². The van der Waals surface area contributed by atoms with Crippen molar-refractivity contribution in [2.75, 3.05) is 5.32 Å². The number of aryl methyl sites for hydroxylation is 1. The van der Waals surface area contributed by atoms with Crippen molar-refractivity contribution >= 4 is 29.2 Å². The van der Waals surface area contributed by atoms with E-state index in [2.05, 4.69) is 5.32 Å². The van der Waals surface area contributed by atoms with E-state index in [0.29, 0.717) is 16.9 Å². The number of carboxylic acids is 1. The highest BCUT2D eigenvalue weighted by molar-refractivity contribution is 6.36. The smallest absolute Gasteiger partial charge is 0.337 e. The first-order valence-electron chi connectivity index (χ1n) is 8.37. The first kappa shape index (κ1) is 17.7. The molecule has 0 saturated heterocycles. The fourth-order valence-electron chi connectivity index (χ4n) is 3.34. The van der Waals surface area contributed by atoms with Crippen LogP contribution in [0.2, 0.25) is 0 Å². The molecule has 2 heterocycles. The molecular formula is C21H14F2N2O3. The number of aromatic carboxylic acids is 1. The third-order valence-electron chi connectivity index (χ3n) is 4.64. The molecular weight excluding hydrogens is 366 g/mol. The molecule has 4 rings (SSSR count). The Hall–Kier alpha value is -3.74. The predicted octanol–water partition coefficient (Wildman–Crippen LogP) is 4.16. The highest BCUT2D eigenvalue weighted by Gasteiger charge is 2.29. The summed E-state index contributed by atoms with van der Waals surface area (Å²) in [5.74, 6) is -3.00. The monoisotopic (exact) mass is 380 g/mol. The predicted molar refractivity (Wildman–Crippen MR) is 101 cm³/mol. The van der Waals surface area contributed by atoms with E-state index in [0.717, 1.165) is 12.1 Å². The van der Waals surface area contributed by atoms with Gasteiger partial charge in [-0.2, -0.15) is 0 Å². The van der Waals surface area contributed by atoms with Crippen LogP contribution in [0.3, 0.4) is 0 Å². The van der Waals surface area contributed by atoms with E-state index in [-0.39, 0.29) is 22.3 Å². The number of nitrogens with one attached hydrogen (secondary N) is 1. The van der Waals surface area contributed by atoms with Gasteiger partial charge in [-0.05, 0) is 35.9 Å². The summed E-state index contributed by atoms with van der Waals surface area (Å²) in [7, 11) is 1.65.